The van der Waals surface area contributed by atoms with E-state index in [4.69, 9.17) is 4.74 Å². The second-order valence-electron chi connectivity index (χ2n) is 10.6. The summed E-state index contributed by atoms with van der Waals surface area (Å²) in [6.07, 6.45) is 7.36. The van der Waals surface area contributed by atoms with Gasteiger partial charge in [0.05, 0.1) is 22.7 Å². The predicted molar refractivity (Wildman–Crippen MR) is 104 cm³/mol. The molecule has 0 amide bonds. The van der Waals surface area contributed by atoms with Gasteiger partial charge < -0.3 is 24.9 Å². The fraction of sp³-hybridized carbons (Fsp3) is 0.826. The second kappa shape index (κ2) is 6.14. The maximum Gasteiger partial charge on any atom is 0.331 e. The highest BCUT2D eigenvalue weighted by Crippen LogP contribution is 2.70. The number of aliphatic hydroxyl groups excluding tert-OH is 1. The quantitative estimate of drug-likeness (QED) is 0.480. The first-order valence-electron chi connectivity index (χ1n) is 11.2. The Morgan fingerprint density at radius 2 is 1.83 bits per heavy atom. The van der Waals surface area contributed by atoms with E-state index in [1.54, 1.807) is 6.08 Å². The molecule has 4 saturated carbocycles. The molecule has 6 nitrogen and oxygen atoms in total. The van der Waals surface area contributed by atoms with Crippen molar-refractivity contribution >= 4 is 12.3 Å². The van der Waals surface area contributed by atoms with E-state index in [-0.39, 0.29) is 35.6 Å². The van der Waals surface area contributed by atoms with Gasteiger partial charge in [0.1, 0.15) is 12.9 Å². The van der Waals surface area contributed by atoms with Gasteiger partial charge in [0.2, 0.25) is 0 Å². The van der Waals surface area contributed by atoms with Crippen LogP contribution in [0.2, 0.25) is 0 Å². The van der Waals surface area contributed by atoms with Crippen molar-refractivity contribution in [2.24, 2.45) is 28.6 Å². The SMILES string of the molecule is C[C@@]12CC[C@@H]3[C@H](CC[C@@]4(O)C[C@@H](O)CC[C@]34C=O)[C@@]1(O)CC[C@H]2C1=CC(=O)OC1. The van der Waals surface area contributed by atoms with Crippen LogP contribution in [0.3, 0.4) is 0 Å². The van der Waals surface area contributed by atoms with E-state index in [0.717, 1.165) is 31.1 Å². The van der Waals surface area contributed by atoms with Crippen LogP contribution in [-0.2, 0) is 14.3 Å². The Balaban J connectivity index is 1.52. The zero-order valence-electron chi connectivity index (χ0n) is 17.1. The first kappa shape index (κ1) is 19.7. The highest BCUT2D eigenvalue weighted by atomic mass is 16.5. The van der Waals surface area contributed by atoms with Crippen molar-refractivity contribution in [3.63, 3.8) is 0 Å². The summed E-state index contributed by atoms with van der Waals surface area (Å²) < 4.78 is 5.15. The molecule has 1 heterocycles. The van der Waals surface area contributed by atoms with Crippen molar-refractivity contribution < 1.29 is 29.6 Å². The van der Waals surface area contributed by atoms with Gasteiger partial charge in [-0.1, -0.05) is 6.92 Å². The molecule has 6 heteroatoms. The topological polar surface area (TPSA) is 104 Å². The summed E-state index contributed by atoms with van der Waals surface area (Å²) in [4.78, 5) is 24.1. The minimum Gasteiger partial charge on any atom is -0.458 e. The average molecular weight is 405 g/mol. The van der Waals surface area contributed by atoms with Crippen molar-refractivity contribution in [1.82, 2.24) is 0 Å². The lowest BCUT2D eigenvalue weighted by atomic mass is 9.41. The molecule has 0 aromatic carbocycles. The van der Waals surface area contributed by atoms with E-state index in [0.29, 0.717) is 38.7 Å². The third kappa shape index (κ3) is 2.34. The van der Waals surface area contributed by atoms with Crippen LogP contribution >= 0.6 is 0 Å². The normalized spacial score (nSPS) is 54.1. The Hall–Kier alpha value is -1.24. The highest BCUT2D eigenvalue weighted by molar-refractivity contribution is 5.85. The van der Waals surface area contributed by atoms with Crippen LogP contribution in [0, 0.1) is 28.6 Å². The lowest BCUT2D eigenvalue weighted by Gasteiger charge is -2.65. The van der Waals surface area contributed by atoms with Crippen molar-refractivity contribution in [3.8, 4) is 0 Å². The van der Waals surface area contributed by atoms with Crippen LogP contribution in [0.4, 0.5) is 0 Å². The number of aliphatic hydroxyl groups is 3. The zero-order valence-corrected chi connectivity index (χ0v) is 17.1. The van der Waals surface area contributed by atoms with Gasteiger partial charge in [0, 0.05) is 17.9 Å². The number of carbonyl (C=O) groups excluding carboxylic acids is 2. The molecule has 5 rings (SSSR count). The summed E-state index contributed by atoms with van der Waals surface area (Å²) in [6, 6.07) is 0. The van der Waals surface area contributed by atoms with E-state index in [2.05, 4.69) is 6.92 Å². The van der Waals surface area contributed by atoms with E-state index in [1.165, 1.54) is 0 Å². The molecule has 0 spiro atoms. The number of hydrogen-bond acceptors (Lipinski definition) is 6. The van der Waals surface area contributed by atoms with Gasteiger partial charge in [-0.3, -0.25) is 0 Å². The Kier molecular flexibility index (Phi) is 4.18. The highest BCUT2D eigenvalue weighted by Gasteiger charge is 2.71. The smallest absolute Gasteiger partial charge is 0.331 e. The van der Waals surface area contributed by atoms with Gasteiger partial charge in [-0.25, -0.2) is 4.79 Å². The van der Waals surface area contributed by atoms with Gasteiger partial charge in [-0.15, -0.1) is 0 Å². The summed E-state index contributed by atoms with van der Waals surface area (Å²) >= 11 is 0. The molecule has 4 aliphatic carbocycles. The monoisotopic (exact) mass is 404 g/mol. The van der Waals surface area contributed by atoms with Crippen LogP contribution < -0.4 is 0 Å². The predicted octanol–water partition coefficient (Wildman–Crippen LogP) is 1.90. The van der Waals surface area contributed by atoms with Crippen molar-refractivity contribution in [2.45, 2.75) is 82.0 Å². The molecule has 1 aliphatic heterocycles. The summed E-state index contributed by atoms with van der Waals surface area (Å²) in [5, 5.41) is 33.7. The Labute approximate surface area is 171 Å². The number of aldehydes is 1. The fourth-order valence-electron chi connectivity index (χ4n) is 8.34. The van der Waals surface area contributed by atoms with Crippen molar-refractivity contribution in [3.05, 3.63) is 11.6 Å². The molecule has 0 bridgehead atoms. The van der Waals surface area contributed by atoms with Gasteiger partial charge in [0.25, 0.3) is 0 Å². The lowest BCUT2D eigenvalue weighted by Crippen LogP contribution is -2.68. The Morgan fingerprint density at radius 1 is 1.07 bits per heavy atom. The molecule has 0 aromatic rings. The number of hydrogen-bond donors (Lipinski definition) is 3. The fourth-order valence-corrected chi connectivity index (χ4v) is 8.34. The molecule has 3 N–H and O–H groups in total. The van der Waals surface area contributed by atoms with Crippen molar-refractivity contribution in [2.75, 3.05) is 6.61 Å². The van der Waals surface area contributed by atoms with E-state index in [9.17, 15) is 24.9 Å². The molecule has 5 aliphatic rings. The number of carbonyl (C=O) groups is 2. The minimum atomic E-state index is -1.18. The maximum atomic E-state index is 12.5. The third-order valence-electron chi connectivity index (χ3n) is 9.85. The van der Waals surface area contributed by atoms with Crippen molar-refractivity contribution in [1.29, 1.82) is 0 Å². The molecule has 0 aromatic heterocycles. The van der Waals surface area contributed by atoms with Gasteiger partial charge in [-0.05, 0) is 74.7 Å². The number of rotatable bonds is 2. The number of fused-ring (bicyclic) bond motifs is 5. The van der Waals surface area contributed by atoms with E-state index in [1.807, 2.05) is 0 Å². The van der Waals surface area contributed by atoms with Crippen LogP contribution in [0.15, 0.2) is 11.6 Å². The second-order valence-corrected chi connectivity index (χ2v) is 10.6. The number of esters is 1. The molecular weight excluding hydrogens is 372 g/mol. The van der Waals surface area contributed by atoms with Crippen LogP contribution in [-0.4, -0.2) is 51.5 Å². The summed E-state index contributed by atoms with van der Waals surface area (Å²) in [7, 11) is 0. The lowest BCUT2D eigenvalue weighted by molar-refractivity contribution is -0.248. The Morgan fingerprint density at radius 3 is 2.52 bits per heavy atom. The van der Waals surface area contributed by atoms with Gasteiger partial charge >= 0.3 is 5.97 Å². The molecule has 160 valence electrons. The maximum absolute atomic E-state index is 12.5. The molecule has 0 unspecified atom stereocenters. The number of ether oxygens (including phenoxy) is 1. The van der Waals surface area contributed by atoms with Gasteiger partial charge in [-0.2, -0.15) is 0 Å². The van der Waals surface area contributed by atoms with Crippen LogP contribution in [0.1, 0.15) is 64.7 Å². The molecular formula is C23H32O6. The Bertz CT molecular complexity index is 777. The van der Waals surface area contributed by atoms with Crippen LogP contribution in [0.5, 0.6) is 0 Å². The molecule has 29 heavy (non-hydrogen) atoms. The minimum absolute atomic E-state index is 0.0504. The summed E-state index contributed by atoms with van der Waals surface area (Å²) in [6.45, 7) is 2.46. The van der Waals surface area contributed by atoms with E-state index < -0.39 is 22.7 Å². The molecule has 0 radical (unpaired) electrons. The first-order valence-corrected chi connectivity index (χ1v) is 11.2. The largest absolute Gasteiger partial charge is 0.458 e. The molecule has 0 saturated heterocycles. The average Bonchev–Trinajstić information content (AvgIpc) is 3.21. The first-order chi connectivity index (χ1) is 13.7. The molecule has 8 atom stereocenters. The summed E-state index contributed by atoms with van der Waals surface area (Å²) in [5.41, 5.74) is -2.34. The molecule has 4 fully saturated rings. The zero-order chi connectivity index (χ0) is 20.7. The third-order valence-corrected chi connectivity index (χ3v) is 9.85. The van der Waals surface area contributed by atoms with Crippen LogP contribution in [0.25, 0.3) is 0 Å². The standard InChI is InChI=1S/C23H32O6/c1-20-6-3-17-18(4-8-22(27)11-15(25)2-7-21(17,22)13-24)23(20,28)9-5-16(20)14-10-19(26)29-12-14/h10,13,15-18,25,27-28H,2-9,11-12H2,1H3/t15-,16-,17+,18-,20-,21-,22+,23-/m0/s1. The summed E-state index contributed by atoms with van der Waals surface area (Å²) in [5.74, 6) is -0.304. The number of cyclic esters (lactones) is 1. The van der Waals surface area contributed by atoms with E-state index >= 15 is 0 Å². The van der Waals surface area contributed by atoms with Gasteiger partial charge in [0.15, 0.2) is 0 Å².